The van der Waals surface area contributed by atoms with Crippen molar-refractivity contribution < 1.29 is 0 Å². The van der Waals surface area contributed by atoms with Crippen LogP contribution in [0.1, 0.15) is 45.4 Å². The summed E-state index contributed by atoms with van der Waals surface area (Å²) in [5.74, 6) is 2.10. The normalized spacial score (nSPS) is 16.3. The molecule has 0 spiro atoms. The number of nitrogens with one attached hydrogen (secondary N) is 1. The Morgan fingerprint density at radius 3 is 2.74 bits per heavy atom. The van der Waals surface area contributed by atoms with E-state index in [1.54, 1.807) is 0 Å². The van der Waals surface area contributed by atoms with Crippen molar-refractivity contribution in [3.05, 3.63) is 6.07 Å². The minimum atomic E-state index is 0.346. The molecule has 5 heteroatoms. The topological polar surface area (TPSA) is 67.1 Å². The third kappa shape index (κ3) is 3.72. The highest BCUT2D eigenvalue weighted by Crippen LogP contribution is 2.26. The lowest BCUT2D eigenvalue weighted by molar-refractivity contribution is 0.426. The number of nitrogens with two attached hydrogens (primary N) is 1. The van der Waals surface area contributed by atoms with Crippen molar-refractivity contribution in [1.82, 2.24) is 9.97 Å². The van der Waals surface area contributed by atoms with Crippen molar-refractivity contribution in [1.29, 1.82) is 0 Å². The second kappa shape index (κ2) is 6.59. The smallest absolute Gasteiger partial charge is 0.223 e. The van der Waals surface area contributed by atoms with Crippen molar-refractivity contribution in [3.8, 4) is 0 Å². The molecule has 0 atom stereocenters. The van der Waals surface area contributed by atoms with Crippen LogP contribution in [0.5, 0.6) is 0 Å². The first kappa shape index (κ1) is 13.9. The second-order valence-electron chi connectivity index (χ2n) is 5.30. The monoisotopic (exact) mass is 263 g/mol. The zero-order chi connectivity index (χ0) is 13.7. The lowest BCUT2D eigenvalue weighted by atomic mass is 9.94. The number of hydrogen-bond donors (Lipinski definition) is 2. The number of anilines is 3. The van der Waals surface area contributed by atoms with Gasteiger partial charge >= 0.3 is 0 Å². The number of rotatable bonds is 5. The molecule has 0 saturated heterocycles. The molecule has 0 amide bonds. The summed E-state index contributed by atoms with van der Waals surface area (Å²) >= 11 is 0. The molecular weight excluding hydrogens is 238 g/mol. The molecule has 1 aromatic heterocycles. The average molecular weight is 263 g/mol. The molecule has 0 bridgehead atoms. The highest BCUT2D eigenvalue weighted by Gasteiger charge is 2.19. The maximum absolute atomic E-state index is 5.81. The summed E-state index contributed by atoms with van der Waals surface area (Å²) in [6, 6.07) is 2.59. The Morgan fingerprint density at radius 2 is 2.05 bits per heavy atom. The molecule has 19 heavy (non-hydrogen) atoms. The van der Waals surface area contributed by atoms with Crippen LogP contribution in [0.15, 0.2) is 6.07 Å². The first-order chi connectivity index (χ1) is 9.20. The van der Waals surface area contributed by atoms with Gasteiger partial charge < -0.3 is 16.0 Å². The summed E-state index contributed by atoms with van der Waals surface area (Å²) in [4.78, 5) is 10.9. The van der Waals surface area contributed by atoms with E-state index in [4.69, 9.17) is 5.73 Å². The molecule has 106 valence electrons. The molecule has 1 heterocycles. The Labute approximate surface area is 115 Å². The van der Waals surface area contributed by atoms with E-state index in [-0.39, 0.29) is 0 Å². The van der Waals surface area contributed by atoms with Crippen LogP contribution in [0.3, 0.4) is 0 Å². The van der Waals surface area contributed by atoms with Gasteiger partial charge in [-0.15, -0.1) is 0 Å². The van der Waals surface area contributed by atoms with Crippen LogP contribution < -0.4 is 16.0 Å². The molecule has 0 aromatic carbocycles. The summed E-state index contributed by atoms with van der Waals surface area (Å²) in [5.41, 5.74) is 5.81. The SMILES string of the molecule is CCCNc1cc(N(C)C2CCCCC2)nc(N)n1. The second-order valence-corrected chi connectivity index (χ2v) is 5.30. The standard InChI is InChI=1S/C14H25N5/c1-3-9-16-12-10-13(18-14(15)17-12)19(2)11-7-5-4-6-8-11/h10-11H,3-9H2,1-2H3,(H3,15,16,17,18). The number of aromatic nitrogens is 2. The largest absolute Gasteiger partial charge is 0.370 e. The third-order valence-corrected chi connectivity index (χ3v) is 3.77. The summed E-state index contributed by atoms with van der Waals surface area (Å²) < 4.78 is 0. The quantitative estimate of drug-likeness (QED) is 0.855. The van der Waals surface area contributed by atoms with Gasteiger partial charge in [-0.05, 0) is 19.3 Å². The van der Waals surface area contributed by atoms with Gasteiger partial charge in [0.1, 0.15) is 11.6 Å². The zero-order valence-electron chi connectivity index (χ0n) is 12.0. The lowest BCUT2D eigenvalue weighted by Gasteiger charge is -2.32. The molecule has 1 saturated carbocycles. The average Bonchev–Trinajstić information content (AvgIpc) is 2.44. The first-order valence-corrected chi connectivity index (χ1v) is 7.32. The van der Waals surface area contributed by atoms with Crippen molar-refractivity contribution in [2.75, 3.05) is 29.5 Å². The van der Waals surface area contributed by atoms with Crippen LogP contribution in [0.4, 0.5) is 17.6 Å². The van der Waals surface area contributed by atoms with Gasteiger partial charge in [-0.25, -0.2) is 0 Å². The van der Waals surface area contributed by atoms with E-state index in [9.17, 15) is 0 Å². The van der Waals surface area contributed by atoms with Gasteiger partial charge in [0.05, 0.1) is 0 Å². The molecule has 1 aliphatic carbocycles. The lowest BCUT2D eigenvalue weighted by Crippen LogP contribution is -2.34. The fourth-order valence-electron chi connectivity index (χ4n) is 2.63. The molecule has 1 aliphatic rings. The molecule has 1 aromatic rings. The molecule has 3 N–H and O–H groups in total. The molecule has 5 nitrogen and oxygen atoms in total. The number of hydrogen-bond acceptors (Lipinski definition) is 5. The Hall–Kier alpha value is -1.52. The summed E-state index contributed by atoms with van der Waals surface area (Å²) in [7, 11) is 2.11. The summed E-state index contributed by atoms with van der Waals surface area (Å²) in [5, 5.41) is 3.28. The van der Waals surface area contributed by atoms with E-state index in [2.05, 4.69) is 34.2 Å². The van der Waals surface area contributed by atoms with Gasteiger partial charge in [0.25, 0.3) is 0 Å². The Balaban J connectivity index is 2.11. The van der Waals surface area contributed by atoms with Gasteiger partial charge in [-0.1, -0.05) is 26.2 Å². The highest BCUT2D eigenvalue weighted by atomic mass is 15.2. The zero-order valence-corrected chi connectivity index (χ0v) is 12.0. The Kier molecular flexibility index (Phi) is 4.82. The Morgan fingerprint density at radius 1 is 1.32 bits per heavy atom. The van der Waals surface area contributed by atoms with E-state index in [0.29, 0.717) is 12.0 Å². The number of nitrogens with zero attached hydrogens (tertiary/aromatic N) is 3. The third-order valence-electron chi connectivity index (χ3n) is 3.77. The van der Waals surface area contributed by atoms with Gasteiger partial charge in [0, 0.05) is 25.7 Å². The van der Waals surface area contributed by atoms with Crippen LogP contribution in [-0.4, -0.2) is 29.6 Å². The van der Waals surface area contributed by atoms with Gasteiger partial charge in [-0.2, -0.15) is 9.97 Å². The highest BCUT2D eigenvalue weighted by molar-refractivity contribution is 5.52. The molecular formula is C14H25N5. The van der Waals surface area contributed by atoms with E-state index in [1.807, 2.05) is 6.07 Å². The number of nitrogen functional groups attached to an aromatic ring is 1. The fraction of sp³-hybridized carbons (Fsp3) is 0.714. The minimum Gasteiger partial charge on any atom is -0.370 e. The van der Waals surface area contributed by atoms with Gasteiger partial charge in [0.2, 0.25) is 5.95 Å². The predicted molar refractivity (Wildman–Crippen MR) is 80.5 cm³/mol. The van der Waals surface area contributed by atoms with Gasteiger partial charge in [-0.3, -0.25) is 0 Å². The predicted octanol–water partition coefficient (Wildman–Crippen LogP) is 2.65. The van der Waals surface area contributed by atoms with E-state index in [0.717, 1.165) is 24.6 Å². The van der Waals surface area contributed by atoms with E-state index < -0.39 is 0 Å². The van der Waals surface area contributed by atoms with Crippen LogP contribution in [0.2, 0.25) is 0 Å². The minimum absolute atomic E-state index is 0.346. The maximum atomic E-state index is 5.81. The summed E-state index contributed by atoms with van der Waals surface area (Å²) in [6.07, 6.45) is 7.56. The van der Waals surface area contributed by atoms with E-state index in [1.165, 1.54) is 32.1 Å². The Bertz CT molecular complexity index is 401. The first-order valence-electron chi connectivity index (χ1n) is 7.32. The van der Waals surface area contributed by atoms with Crippen LogP contribution in [-0.2, 0) is 0 Å². The van der Waals surface area contributed by atoms with Crippen molar-refractivity contribution >= 4 is 17.6 Å². The van der Waals surface area contributed by atoms with Gasteiger partial charge in [0.15, 0.2) is 0 Å². The van der Waals surface area contributed by atoms with E-state index >= 15 is 0 Å². The molecule has 0 radical (unpaired) electrons. The molecule has 0 aliphatic heterocycles. The van der Waals surface area contributed by atoms with Crippen molar-refractivity contribution in [3.63, 3.8) is 0 Å². The molecule has 0 unspecified atom stereocenters. The fourth-order valence-corrected chi connectivity index (χ4v) is 2.63. The van der Waals surface area contributed by atoms with Crippen molar-refractivity contribution in [2.45, 2.75) is 51.5 Å². The van der Waals surface area contributed by atoms with Crippen LogP contribution in [0, 0.1) is 0 Å². The summed E-state index contributed by atoms with van der Waals surface area (Å²) in [6.45, 7) is 3.04. The van der Waals surface area contributed by atoms with Crippen LogP contribution in [0.25, 0.3) is 0 Å². The maximum Gasteiger partial charge on any atom is 0.223 e. The van der Waals surface area contributed by atoms with Crippen LogP contribution >= 0.6 is 0 Å². The molecule has 2 rings (SSSR count). The van der Waals surface area contributed by atoms with Crippen molar-refractivity contribution in [2.24, 2.45) is 0 Å². The molecule has 1 fully saturated rings.